The van der Waals surface area contributed by atoms with E-state index < -0.39 is 17.7 Å². The normalized spacial score (nSPS) is 15.4. The van der Waals surface area contributed by atoms with Gasteiger partial charge in [0, 0.05) is 30.8 Å². The smallest absolute Gasteiger partial charge is 0.410 e. The first-order chi connectivity index (χ1) is 18.0. The lowest BCUT2D eigenvalue weighted by Crippen LogP contribution is -2.37. The molecule has 0 bridgehead atoms. The van der Waals surface area contributed by atoms with Gasteiger partial charge in [0.25, 0.3) is 5.91 Å². The number of carbonyl (C=O) groups excluding carboxylic acids is 3. The number of hydrogen-bond donors (Lipinski definition) is 2. The number of pyridine rings is 1. The summed E-state index contributed by atoms with van der Waals surface area (Å²) in [5.41, 5.74) is 2.12. The van der Waals surface area contributed by atoms with E-state index in [0.29, 0.717) is 41.4 Å². The monoisotopic (exact) mass is 518 g/mol. The summed E-state index contributed by atoms with van der Waals surface area (Å²) in [4.78, 5) is 48.8. The number of ketones is 1. The summed E-state index contributed by atoms with van der Waals surface area (Å²) < 4.78 is 6.85. The van der Waals surface area contributed by atoms with E-state index in [4.69, 9.17) is 15.6 Å². The van der Waals surface area contributed by atoms with Crippen LogP contribution in [0.3, 0.4) is 0 Å². The molecule has 3 aromatic rings. The minimum atomic E-state index is -0.638. The van der Waals surface area contributed by atoms with Gasteiger partial charge in [-0.05, 0) is 69.9 Å². The van der Waals surface area contributed by atoms with Gasteiger partial charge < -0.3 is 15.9 Å². The van der Waals surface area contributed by atoms with E-state index >= 15 is 0 Å². The van der Waals surface area contributed by atoms with Gasteiger partial charge in [-0.1, -0.05) is 19.1 Å². The van der Waals surface area contributed by atoms with Crippen LogP contribution in [-0.4, -0.2) is 49.5 Å². The quantitative estimate of drug-likeness (QED) is 0.355. The minimum Gasteiger partial charge on any atom is -0.444 e. The zero-order valence-corrected chi connectivity index (χ0v) is 22.4. The highest BCUT2D eigenvalue weighted by atomic mass is 16.6. The van der Waals surface area contributed by atoms with Crippen molar-refractivity contribution >= 4 is 23.6 Å². The Morgan fingerprint density at radius 1 is 1.16 bits per heavy atom. The summed E-state index contributed by atoms with van der Waals surface area (Å²) in [6.07, 6.45) is 3.47. The molecule has 1 saturated heterocycles. The molecule has 0 spiro atoms. The first-order valence-corrected chi connectivity index (χ1v) is 12.7. The maximum Gasteiger partial charge on any atom is 0.410 e. The van der Waals surface area contributed by atoms with E-state index in [1.807, 2.05) is 39.8 Å². The number of carbonyl (C=O) groups is 3. The molecule has 4 rings (SSSR count). The van der Waals surface area contributed by atoms with Gasteiger partial charge in [0.1, 0.15) is 22.8 Å². The van der Waals surface area contributed by atoms with Crippen LogP contribution in [0.25, 0.3) is 11.3 Å². The van der Waals surface area contributed by atoms with Crippen LogP contribution in [0.1, 0.15) is 85.7 Å². The van der Waals surface area contributed by atoms with Crippen molar-refractivity contribution in [2.45, 2.75) is 65.5 Å². The number of Topliss-reactive ketones (excluding diaryl/α,β-unsaturated/α-hetero) is 1. The lowest BCUT2D eigenvalue weighted by Gasteiger charge is -2.28. The summed E-state index contributed by atoms with van der Waals surface area (Å²) in [7, 11) is 0. The number of hydrogen-bond acceptors (Lipinski definition) is 7. The molecule has 10 nitrogen and oxygen atoms in total. The van der Waals surface area contributed by atoms with Crippen LogP contribution in [0, 0.1) is 0 Å². The van der Waals surface area contributed by atoms with E-state index in [-0.39, 0.29) is 17.4 Å². The highest BCUT2D eigenvalue weighted by molar-refractivity contribution is 6.04. The van der Waals surface area contributed by atoms with E-state index in [2.05, 4.69) is 10.3 Å². The van der Waals surface area contributed by atoms with Gasteiger partial charge >= 0.3 is 6.09 Å². The summed E-state index contributed by atoms with van der Waals surface area (Å²) in [5.74, 6) is 6.72. The predicted octanol–water partition coefficient (Wildman–Crippen LogP) is 4.75. The van der Waals surface area contributed by atoms with Crippen LogP contribution in [0.15, 0.2) is 42.6 Å². The number of nitrogens with zero attached hydrogens (tertiary/aromatic N) is 4. The molecule has 10 heteroatoms. The van der Waals surface area contributed by atoms with Crippen molar-refractivity contribution in [1.82, 2.24) is 19.5 Å². The highest BCUT2D eigenvalue weighted by Gasteiger charge is 2.37. The number of anilines is 1. The predicted molar refractivity (Wildman–Crippen MR) is 144 cm³/mol. The molecule has 200 valence electrons. The largest absolute Gasteiger partial charge is 0.444 e. The van der Waals surface area contributed by atoms with Gasteiger partial charge in [0.15, 0.2) is 11.6 Å². The molecule has 1 aliphatic rings. The second-order valence-electron chi connectivity index (χ2n) is 10.4. The summed E-state index contributed by atoms with van der Waals surface area (Å²) in [6.45, 7) is 9.41. The molecule has 1 aromatic carbocycles. The van der Waals surface area contributed by atoms with Crippen LogP contribution in [0.2, 0.25) is 0 Å². The molecule has 0 radical (unpaired) electrons. The van der Waals surface area contributed by atoms with Crippen molar-refractivity contribution in [3.05, 3.63) is 65.2 Å². The second kappa shape index (κ2) is 10.6. The molecule has 38 heavy (non-hydrogen) atoms. The van der Waals surface area contributed by atoms with Gasteiger partial charge in [-0.25, -0.2) is 19.4 Å². The highest BCUT2D eigenvalue weighted by Crippen LogP contribution is 2.35. The Morgan fingerprint density at radius 2 is 1.87 bits per heavy atom. The van der Waals surface area contributed by atoms with Crippen LogP contribution < -0.4 is 11.2 Å². The average Bonchev–Trinajstić information content (AvgIpc) is 3.47. The van der Waals surface area contributed by atoms with Crippen LogP contribution >= 0.6 is 0 Å². The van der Waals surface area contributed by atoms with Gasteiger partial charge in [-0.3, -0.25) is 14.5 Å². The van der Waals surface area contributed by atoms with Crippen molar-refractivity contribution in [2.24, 2.45) is 0 Å². The third-order valence-corrected chi connectivity index (χ3v) is 6.35. The van der Waals surface area contributed by atoms with Gasteiger partial charge in [-0.15, -0.1) is 0 Å². The van der Waals surface area contributed by atoms with Crippen molar-refractivity contribution in [2.75, 3.05) is 17.7 Å². The molecule has 0 saturated carbocycles. The lowest BCUT2D eigenvalue weighted by atomic mass is 10.1. The molecule has 1 atom stereocenters. The Labute approximate surface area is 222 Å². The Hall–Kier alpha value is -4.21. The van der Waals surface area contributed by atoms with Crippen molar-refractivity contribution in [3.8, 4) is 11.3 Å². The number of nitrogens with two attached hydrogens (primary N) is 1. The molecule has 3 N–H and O–H groups in total. The zero-order valence-electron chi connectivity index (χ0n) is 22.4. The fourth-order valence-electron chi connectivity index (χ4n) is 4.53. The fraction of sp³-hybridized carbons (Fsp3) is 0.393. The Balaban J connectivity index is 1.61. The van der Waals surface area contributed by atoms with E-state index in [1.54, 1.807) is 35.4 Å². The van der Waals surface area contributed by atoms with Gasteiger partial charge in [0.05, 0.1) is 6.04 Å². The molecule has 0 aliphatic carbocycles. The van der Waals surface area contributed by atoms with Crippen molar-refractivity contribution in [3.63, 3.8) is 0 Å². The number of aryl methyl sites for hydroxylation is 1. The number of likely N-dealkylation sites (tertiary alicyclic amines) is 1. The summed E-state index contributed by atoms with van der Waals surface area (Å²) in [5, 5.41) is 2.81. The average molecular weight is 519 g/mol. The number of imidazole rings is 1. The number of amides is 2. The molecular weight excluding hydrogens is 484 g/mol. The SMILES string of the molecule is CCc1ccnc(NC(=O)c2ccc(-c3nc([C@@H]4CCCN4C(=O)OC(C)(C)C)n(N)c3C(C)=O)cc2)c1. The molecule has 1 fully saturated rings. The first kappa shape index (κ1) is 26.8. The molecule has 2 amide bonds. The topological polar surface area (TPSA) is 132 Å². The summed E-state index contributed by atoms with van der Waals surface area (Å²) >= 11 is 0. The van der Waals surface area contributed by atoms with Crippen molar-refractivity contribution < 1.29 is 19.1 Å². The zero-order chi connectivity index (χ0) is 27.6. The third-order valence-electron chi connectivity index (χ3n) is 6.35. The summed E-state index contributed by atoms with van der Waals surface area (Å²) in [6, 6.07) is 10.1. The number of rotatable bonds is 6. The third kappa shape index (κ3) is 5.69. The standard InChI is InChI=1S/C28H34N6O4/c1-6-18-13-14-30-22(16-18)31-26(36)20-11-9-19(10-12-20)23-24(17(2)35)34(29)25(32-23)21-8-7-15-33(21)27(37)38-28(3,4)5/h9-14,16,21H,6-8,15,29H2,1-5H3,(H,30,31,36)/t21-/m0/s1. The van der Waals surface area contributed by atoms with Crippen LogP contribution in [0.4, 0.5) is 10.6 Å². The first-order valence-electron chi connectivity index (χ1n) is 12.7. The van der Waals surface area contributed by atoms with E-state index in [1.165, 1.54) is 11.6 Å². The van der Waals surface area contributed by atoms with Crippen LogP contribution in [0.5, 0.6) is 0 Å². The number of benzene rings is 1. The molecule has 3 heterocycles. The Bertz CT molecular complexity index is 1360. The van der Waals surface area contributed by atoms with Crippen LogP contribution in [-0.2, 0) is 11.2 Å². The Kier molecular flexibility index (Phi) is 7.52. The van der Waals surface area contributed by atoms with Gasteiger partial charge in [-0.2, -0.15) is 0 Å². The van der Waals surface area contributed by atoms with E-state index in [0.717, 1.165) is 18.4 Å². The fourth-order valence-corrected chi connectivity index (χ4v) is 4.53. The number of nitrogen functional groups attached to an aromatic ring is 1. The number of aromatic nitrogens is 3. The molecule has 2 aromatic heterocycles. The maximum atomic E-state index is 12.8. The maximum absolute atomic E-state index is 12.8. The van der Waals surface area contributed by atoms with E-state index in [9.17, 15) is 14.4 Å². The molecular formula is C28H34N6O4. The number of ether oxygens (including phenoxy) is 1. The lowest BCUT2D eigenvalue weighted by molar-refractivity contribution is 0.0217. The molecule has 0 unspecified atom stereocenters. The number of nitrogens with one attached hydrogen (secondary N) is 1. The van der Waals surface area contributed by atoms with Crippen molar-refractivity contribution in [1.29, 1.82) is 0 Å². The minimum absolute atomic E-state index is 0.230. The Morgan fingerprint density at radius 3 is 2.50 bits per heavy atom. The van der Waals surface area contributed by atoms with Gasteiger partial charge in [0.2, 0.25) is 0 Å². The molecule has 1 aliphatic heterocycles. The second-order valence-corrected chi connectivity index (χ2v) is 10.4.